The zero-order valence-corrected chi connectivity index (χ0v) is 8.10. The van der Waals surface area contributed by atoms with E-state index in [1.807, 2.05) is 54.6 Å². The number of benzene rings is 2. The topological polar surface area (TPSA) is 17.1 Å². The van der Waals surface area contributed by atoms with E-state index in [1.165, 1.54) is 0 Å². The largest absolute Gasteiger partial charge is 0.233 e. The van der Waals surface area contributed by atoms with Crippen LogP contribution in [0.15, 0.2) is 54.6 Å². The molecule has 1 nitrogen and oxygen atoms in total. The van der Waals surface area contributed by atoms with E-state index in [4.69, 9.17) is 0 Å². The third-order valence-electron chi connectivity index (χ3n) is 2.20. The van der Waals surface area contributed by atoms with Crippen LogP contribution in [0.3, 0.4) is 0 Å². The fourth-order valence-corrected chi connectivity index (χ4v) is 1.52. The van der Waals surface area contributed by atoms with E-state index in [9.17, 15) is 4.79 Å². The predicted molar refractivity (Wildman–Crippen MR) is 59.9 cm³/mol. The maximum absolute atomic E-state index is 10.3. The Morgan fingerprint density at radius 2 is 1.47 bits per heavy atom. The second-order valence-electron chi connectivity index (χ2n) is 3.14. The van der Waals surface area contributed by atoms with Crippen LogP contribution in [0.4, 0.5) is 0 Å². The molecule has 0 fully saturated rings. The van der Waals surface area contributed by atoms with E-state index >= 15 is 0 Å². The smallest absolute Gasteiger partial charge is 0.134 e. The molecule has 0 bridgehead atoms. The predicted octanol–water partition coefficient (Wildman–Crippen LogP) is 2.89. The second kappa shape index (κ2) is 4.41. The summed E-state index contributed by atoms with van der Waals surface area (Å²) in [5, 5.41) is 0. The van der Waals surface area contributed by atoms with Crippen molar-refractivity contribution in [2.75, 3.05) is 0 Å². The Morgan fingerprint density at radius 3 is 2.20 bits per heavy atom. The van der Waals surface area contributed by atoms with Crippen molar-refractivity contribution in [3.05, 3.63) is 66.2 Å². The highest BCUT2D eigenvalue weighted by atomic mass is 16.1. The Kier molecular flexibility index (Phi) is 2.77. The van der Waals surface area contributed by atoms with Gasteiger partial charge in [0.15, 0.2) is 0 Å². The van der Waals surface area contributed by atoms with Gasteiger partial charge in [0, 0.05) is 5.56 Å². The van der Waals surface area contributed by atoms with E-state index in [0.717, 1.165) is 16.7 Å². The van der Waals surface area contributed by atoms with Gasteiger partial charge >= 0.3 is 0 Å². The molecule has 1 radical (unpaired) electrons. The zero-order valence-electron chi connectivity index (χ0n) is 8.10. The minimum absolute atomic E-state index is 0.777. The van der Waals surface area contributed by atoms with Crippen molar-refractivity contribution < 1.29 is 4.79 Å². The molecule has 15 heavy (non-hydrogen) atoms. The van der Waals surface area contributed by atoms with Gasteiger partial charge in [-0.3, -0.25) is 0 Å². The summed E-state index contributed by atoms with van der Waals surface area (Å²) in [5.41, 5.74) is 2.86. The van der Waals surface area contributed by atoms with Crippen LogP contribution in [0.1, 0.15) is 5.56 Å². The van der Waals surface area contributed by atoms with Gasteiger partial charge in [-0.2, -0.15) is 0 Å². The maximum atomic E-state index is 10.3. The lowest BCUT2D eigenvalue weighted by atomic mass is 10.00. The first-order chi connectivity index (χ1) is 7.42. The van der Waals surface area contributed by atoms with Gasteiger partial charge in [-0.1, -0.05) is 54.6 Å². The Hall–Kier alpha value is -2.11. The SMILES string of the molecule is O=C=[C]c1ccccc1-c1ccccc1. The number of hydrogen-bond donors (Lipinski definition) is 0. The summed E-state index contributed by atoms with van der Waals surface area (Å²) in [6.07, 6.45) is 2.57. The van der Waals surface area contributed by atoms with Crippen LogP contribution in [0.25, 0.3) is 11.1 Å². The first kappa shape index (κ1) is 9.45. The van der Waals surface area contributed by atoms with Crippen molar-refractivity contribution in [2.24, 2.45) is 0 Å². The summed E-state index contributed by atoms with van der Waals surface area (Å²) in [5.74, 6) is 1.69. The standard InChI is InChI=1S/C14H9O/c15-11-10-13-8-4-5-9-14(13)12-6-2-1-3-7-12/h1-9H. The normalized spacial score (nSPS) is 9.33. The van der Waals surface area contributed by atoms with Crippen LogP contribution in [-0.2, 0) is 4.79 Å². The van der Waals surface area contributed by atoms with Gasteiger partial charge in [0.25, 0.3) is 0 Å². The van der Waals surface area contributed by atoms with E-state index in [-0.39, 0.29) is 0 Å². The molecule has 0 heterocycles. The Labute approximate surface area is 88.7 Å². The molecule has 2 rings (SSSR count). The van der Waals surface area contributed by atoms with Gasteiger partial charge in [0.05, 0.1) is 6.08 Å². The van der Waals surface area contributed by atoms with E-state index in [0.29, 0.717) is 0 Å². The van der Waals surface area contributed by atoms with E-state index in [1.54, 1.807) is 5.94 Å². The van der Waals surface area contributed by atoms with Crippen LogP contribution in [0.2, 0.25) is 0 Å². The van der Waals surface area contributed by atoms with Crippen molar-refractivity contribution in [3.63, 3.8) is 0 Å². The number of carbonyl (C=O) groups excluding carboxylic acids is 1. The molecule has 0 amide bonds. The van der Waals surface area contributed by atoms with Gasteiger partial charge in [-0.15, -0.1) is 0 Å². The summed E-state index contributed by atoms with van der Waals surface area (Å²) in [6.45, 7) is 0. The third-order valence-corrected chi connectivity index (χ3v) is 2.20. The number of hydrogen-bond acceptors (Lipinski definition) is 1. The molecule has 0 aliphatic heterocycles. The van der Waals surface area contributed by atoms with Crippen LogP contribution in [0.5, 0.6) is 0 Å². The van der Waals surface area contributed by atoms with E-state index < -0.39 is 0 Å². The molecule has 0 aromatic heterocycles. The molecule has 71 valence electrons. The molecule has 0 atom stereocenters. The Bertz CT molecular complexity index is 494. The lowest BCUT2D eigenvalue weighted by Crippen LogP contribution is -1.83. The molecule has 2 aromatic rings. The molecule has 0 spiro atoms. The van der Waals surface area contributed by atoms with Crippen molar-refractivity contribution in [2.45, 2.75) is 0 Å². The van der Waals surface area contributed by atoms with Crippen LogP contribution in [0, 0.1) is 6.08 Å². The first-order valence-electron chi connectivity index (χ1n) is 4.69. The van der Waals surface area contributed by atoms with Crippen molar-refractivity contribution >= 4 is 5.94 Å². The monoisotopic (exact) mass is 193 g/mol. The summed E-state index contributed by atoms with van der Waals surface area (Å²) in [6, 6.07) is 17.6. The van der Waals surface area contributed by atoms with Gasteiger partial charge in [0.1, 0.15) is 5.94 Å². The first-order valence-corrected chi connectivity index (χ1v) is 4.69. The quantitative estimate of drug-likeness (QED) is 0.670. The molecule has 1 heteroatoms. The third kappa shape index (κ3) is 2.04. The van der Waals surface area contributed by atoms with Gasteiger partial charge in [-0.25, -0.2) is 4.79 Å². The molecule has 0 N–H and O–H groups in total. The van der Waals surface area contributed by atoms with Crippen molar-refractivity contribution in [1.29, 1.82) is 0 Å². The lowest BCUT2D eigenvalue weighted by Gasteiger charge is -2.03. The van der Waals surface area contributed by atoms with Gasteiger partial charge < -0.3 is 0 Å². The van der Waals surface area contributed by atoms with Crippen LogP contribution >= 0.6 is 0 Å². The van der Waals surface area contributed by atoms with E-state index in [2.05, 4.69) is 6.08 Å². The molecule has 0 aliphatic carbocycles. The van der Waals surface area contributed by atoms with Crippen molar-refractivity contribution in [3.8, 4) is 11.1 Å². The van der Waals surface area contributed by atoms with Crippen LogP contribution < -0.4 is 0 Å². The van der Waals surface area contributed by atoms with Gasteiger partial charge in [-0.05, 0) is 11.1 Å². The summed E-state index contributed by atoms with van der Waals surface area (Å²) in [4.78, 5) is 10.3. The highest BCUT2D eigenvalue weighted by molar-refractivity contribution is 5.70. The average molecular weight is 193 g/mol. The Balaban J connectivity index is 2.58. The molecule has 2 aromatic carbocycles. The van der Waals surface area contributed by atoms with Crippen LogP contribution in [-0.4, -0.2) is 5.94 Å². The minimum atomic E-state index is 0.777. The summed E-state index contributed by atoms with van der Waals surface area (Å²) < 4.78 is 0. The molecule has 0 saturated heterocycles. The molecule has 0 unspecified atom stereocenters. The highest BCUT2D eigenvalue weighted by Crippen LogP contribution is 2.22. The molecule has 0 saturated carbocycles. The zero-order chi connectivity index (χ0) is 10.5. The second-order valence-corrected chi connectivity index (χ2v) is 3.14. The number of rotatable bonds is 2. The average Bonchev–Trinajstić information content (AvgIpc) is 2.31. The van der Waals surface area contributed by atoms with Crippen molar-refractivity contribution in [1.82, 2.24) is 0 Å². The molecule has 0 aliphatic rings. The fourth-order valence-electron chi connectivity index (χ4n) is 1.52. The van der Waals surface area contributed by atoms with Gasteiger partial charge in [0.2, 0.25) is 0 Å². The lowest BCUT2D eigenvalue weighted by molar-refractivity contribution is 0.568. The summed E-state index contributed by atoms with van der Waals surface area (Å²) in [7, 11) is 0. The molecular formula is C14H9O. The summed E-state index contributed by atoms with van der Waals surface area (Å²) >= 11 is 0. The minimum Gasteiger partial charge on any atom is -0.233 e. The maximum Gasteiger partial charge on any atom is 0.134 e. The highest BCUT2D eigenvalue weighted by Gasteiger charge is 2.01. The molecular weight excluding hydrogens is 184 g/mol. The Morgan fingerprint density at radius 1 is 0.800 bits per heavy atom. The fraction of sp³-hybridized carbons (Fsp3) is 0.